The van der Waals surface area contributed by atoms with Crippen LogP contribution in [0, 0.1) is 0 Å². The summed E-state index contributed by atoms with van der Waals surface area (Å²) in [6, 6.07) is 0. The standard InChI is InChI=1S/C10H15NO3/c1-5-13-9(12)7-8(10(2,3)4)14-6-11-7/h6H,5H2,1-4H3. The molecule has 0 bridgehead atoms. The van der Waals surface area contributed by atoms with Crippen LogP contribution in [0.3, 0.4) is 0 Å². The van der Waals surface area contributed by atoms with E-state index in [-0.39, 0.29) is 11.1 Å². The van der Waals surface area contributed by atoms with Crippen LogP contribution in [0.15, 0.2) is 10.8 Å². The summed E-state index contributed by atoms with van der Waals surface area (Å²) in [5, 5.41) is 0. The van der Waals surface area contributed by atoms with E-state index < -0.39 is 5.97 Å². The van der Waals surface area contributed by atoms with E-state index in [4.69, 9.17) is 9.15 Å². The molecular formula is C10H15NO3. The lowest BCUT2D eigenvalue weighted by Gasteiger charge is -2.15. The normalized spacial score (nSPS) is 11.4. The average Bonchev–Trinajstić information content (AvgIpc) is 2.50. The Kier molecular flexibility index (Phi) is 2.93. The van der Waals surface area contributed by atoms with Crippen LogP contribution in [0.1, 0.15) is 43.9 Å². The Morgan fingerprint density at radius 1 is 1.57 bits per heavy atom. The van der Waals surface area contributed by atoms with E-state index in [1.807, 2.05) is 20.8 Å². The summed E-state index contributed by atoms with van der Waals surface area (Å²) in [7, 11) is 0. The molecule has 0 N–H and O–H groups in total. The summed E-state index contributed by atoms with van der Waals surface area (Å²) >= 11 is 0. The van der Waals surface area contributed by atoms with Gasteiger partial charge < -0.3 is 9.15 Å². The number of carbonyl (C=O) groups excluding carboxylic acids is 1. The Morgan fingerprint density at radius 3 is 2.71 bits per heavy atom. The molecule has 4 heteroatoms. The predicted octanol–water partition coefficient (Wildman–Crippen LogP) is 2.15. The first-order valence-electron chi connectivity index (χ1n) is 4.58. The van der Waals surface area contributed by atoms with Crippen LogP contribution in [0.2, 0.25) is 0 Å². The molecule has 1 heterocycles. The van der Waals surface area contributed by atoms with Crippen LogP contribution < -0.4 is 0 Å². The SMILES string of the molecule is CCOC(=O)c1ncoc1C(C)(C)C. The van der Waals surface area contributed by atoms with Gasteiger partial charge in [0.05, 0.1) is 6.61 Å². The summed E-state index contributed by atoms with van der Waals surface area (Å²) in [5.41, 5.74) is 0.0397. The van der Waals surface area contributed by atoms with E-state index in [1.165, 1.54) is 6.39 Å². The lowest BCUT2D eigenvalue weighted by molar-refractivity contribution is 0.0515. The van der Waals surface area contributed by atoms with Crippen molar-refractivity contribution in [2.24, 2.45) is 0 Å². The van der Waals surface area contributed by atoms with E-state index >= 15 is 0 Å². The molecule has 0 aromatic carbocycles. The van der Waals surface area contributed by atoms with Gasteiger partial charge in [-0.05, 0) is 6.92 Å². The number of hydrogen-bond acceptors (Lipinski definition) is 4. The molecule has 0 unspecified atom stereocenters. The third-order valence-electron chi connectivity index (χ3n) is 1.72. The first-order chi connectivity index (χ1) is 6.46. The second-order valence-corrected chi connectivity index (χ2v) is 4.00. The van der Waals surface area contributed by atoms with Crippen molar-refractivity contribution in [2.75, 3.05) is 6.61 Å². The van der Waals surface area contributed by atoms with E-state index in [1.54, 1.807) is 6.92 Å². The van der Waals surface area contributed by atoms with Gasteiger partial charge in [0.1, 0.15) is 5.76 Å². The molecule has 0 saturated heterocycles. The summed E-state index contributed by atoms with van der Waals surface area (Å²) in [6.45, 7) is 7.97. The molecule has 0 aliphatic heterocycles. The third-order valence-corrected chi connectivity index (χ3v) is 1.72. The van der Waals surface area contributed by atoms with Crippen molar-refractivity contribution in [3.63, 3.8) is 0 Å². The molecule has 78 valence electrons. The van der Waals surface area contributed by atoms with Gasteiger partial charge in [0.15, 0.2) is 12.1 Å². The smallest absolute Gasteiger partial charge is 0.360 e. The maximum Gasteiger partial charge on any atom is 0.360 e. The Labute approximate surface area is 83.3 Å². The van der Waals surface area contributed by atoms with Gasteiger partial charge in [-0.15, -0.1) is 0 Å². The molecule has 4 nitrogen and oxygen atoms in total. The largest absolute Gasteiger partial charge is 0.461 e. The van der Waals surface area contributed by atoms with E-state index in [0.717, 1.165) is 0 Å². The number of ether oxygens (including phenoxy) is 1. The highest BCUT2D eigenvalue weighted by Gasteiger charge is 2.27. The van der Waals surface area contributed by atoms with Crippen LogP contribution in [0.4, 0.5) is 0 Å². The molecule has 0 fully saturated rings. The molecule has 1 aromatic rings. The van der Waals surface area contributed by atoms with Gasteiger partial charge >= 0.3 is 5.97 Å². The maximum atomic E-state index is 11.4. The second kappa shape index (κ2) is 3.82. The average molecular weight is 197 g/mol. The highest BCUT2D eigenvalue weighted by molar-refractivity contribution is 5.88. The van der Waals surface area contributed by atoms with E-state index in [9.17, 15) is 4.79 Å². The Morgan fingerprint density at radius 2 is 2.21 bits per heavy atom. The molecule has 0 aliphatic rings. The summed E-state index contributed by atoms with van der Waals surface area (Å²) in [5.74, 6) is 0.141. The van der Waals surface area contributed by atoms with E-state index in [0.29, 0.717) is 12.4 Å². The fourth-order valence-corrected chi connectivity index (χ4v) is 1.12. The topological polar surface area (TPSA) is 52.3 Å². The first-order valence-corrected chi connectivity index (χ1v) is 4.58. The van der Waals surface area contributed by atoms with Gasteiger partial charge in [0.2, 0.25) is 0 Å². The van der Waals surface area contributed by atoms with E-state index in [2.05, 4.69) is 4.98 Å². The number of rotatable bonds is 2. The number of nitrogens with zero attached hydrogens (tertiary/aromatic N) is 1. The summed E-state index contributed by atoms with van der Waals surface area (Å²) in [4.78, 5) is 15.3. The molecule has 0 aliphatic carbocycles. The van der Waals surface area contributed by atoms with Gasteiger partial charge in [-0.2, -0.15) is 0 Å². The molecule has 0 atom stereocenters. The molecule has 14 heavy (non-hydrogen) atoms. The van der Waals surface area contributed by atoms with Crippen molar-refractivity contribution in [1.29, 1.82) is 0 Å². The highest BCUT2D eigenvalue weighted by atomic mass is 16.5. The fraction of sp³-hybridized carbons (Fsp3) is 0.600. The number of oxazole rings is 1. The Balaban J connectivity index is 2.99. The van der Waals surface area contributed by atoms with Gasteiger partial charge in [-0.25, -0.2) is 9.78 Å². The van der Waals surface area contributed by atoms with Gasteiger partial charge in [-0.1, -0.05) is 20.8 Å². The zero-order chi connectivity index (χ0) is 10.8. The first kappa shape index (κ1) is 10.8. The molecule has 1 rings (SSSR count). The van der Waals surface area contributed by atoms with Crippen molar-refractivity contribution in [1.82, 2.24) is 4.98 Å². The molecule has 0 amide bonds. The van der Waals surface area contributed by atoms with Crippen LogP contribution in [0.5, 0.6) is 0 Å². The third kappa shape index (κ3) is 2.13. The van der Waals surface area contributed by atoms with Crippen LogP contribution in [0.25, 0.3) is 0 Å². The van der Waals surface area contributed by atoms with Crippen LogP contribution in [-0.4, -0.2) is 17.6 Å². The summed E-state index contributed by atoms with van der Waals surface area (Å²) < 4.78 is 10.0. The van der Waals surface area contributed by atoms with Crippen LogP contribution >= 0.6 is 0 Å². The van der Waals surface area contributed by atoms with Crippen molar-refractivity contribution >= 4 is 5.97 Å². The lowest BCUT2D eigenvalue weighted by Crippen LogP contribution is -2.17. The monoisotopic (exact) mass is 197 g/mol. The number of esters is 1. The fourth-order valence-electron chi connectivity index (χ4n) is 1.12. The predicted molar refractivity (Wildman–Crippen MR) is 51.2 cm³/mol. The Hall–Kier alpha value is -1.32. The number of aromatic nitrogens is 1. The zero-order valence-corrected chi connectivity index (χ0v) is 8.96. The Bertz CT molecular complexity index is 322. The highest BCUT2D eigenvalue weighted by Crippen LogP contribution is 2.25. The second-order valence-electron chi connectivity index (χ2n) is 4.00. The maximum absolute atomic E-state index is 11.4. The summed E-state index contributed by atoms with van der Waals surface area (Å²) in [6.07, 6.45) is 1.27. The van der Waals surface area contributed by atoms with Gasteiger partial charge in [0.25, 0.3) is 0 Å². The van der Waals surface area contributed by atoms with Gasteiger partial charge in [0, 0.05) is 5.41 Å². The van der Waals surface area contributed by atoms with Crippen molar-refractivity contribution < 1.29 is 13.9 Å². The number of carbonyl (C=O) groups is 1. The van der Waals surface area contributed by atoms with Gasteiger partial charge in [-0.3, -0.25) is 0 Å². The van der Waals surface area contributed by atoms with Crippen LogP contribution in [-0.2, 0) is 10.2 Å². The number of hydrogen-bond donors (Lipinski definition) is 0. The zero-order valence-electron chi connectivity index (χ0n) is 8.96. The molecular weight excluding hydrogens is 182 g/mol. The van der Waals surface area contributed by atoms with Crippen molar-refractivity contribution in [3.05, 3.63) is 17.8 Å². The minimum Gasteiger partial charge on any atom is -0.461 e. The lowest BCUT2D eigenvalue weighted by atomic mass is 9.92. The molecule has 0 radical (unpaired) electrons. The molecule has 1 aromatic heterocycles. The van der Waals surface area contributed by atoms with Crippen molar-refractivity contribution in [3.8, 4) is 0 Å². The molecule has 0 saturated carbocycles. The molecule has 0 spiro atoms. The minimum atomic E-state index is -0.425. The van der Waals surface area contributed by atoms with Crippen molar-refractivity contribution in [2.45, 2.75) is 33.1 Å². The quantitative estimate of drug-likeness (QED) is 0.681. The minimum absolute atomic E-state index is 0.238.